The maximum absolute atomic E-state index is 13.8. The fourth-order valence-electron chi connectivity index (χ4n) is 4.17. The fourth-order valence-corrected chi connectivity index (χ4v) is 5.12. The van der Waals surface area contributed by atoms with Crippen LogP contribution in [0.25, 0.3) is 11.0 Å². The molecule has 0 saturated carbocycles. The Labute approximate surface area is 208 Å². The number of hydrogen-bond acceptors (Lipinski definition) is 5. The fraction of sp³-hybridized carbons (Fsp3) is 0.296. The molecule has 34 heavy (non-hydrogen) atoms. The minimum atomic E-state index is -0.919. The van der Waals surface area contributed by atoms with E-state index in [4.69, 9.17) is 21.3 Å². The van der Waals surface area contributed by atoms with Crippen molar-refractivity contribution in [3.05, 3.63) is 86.8 Å². The Hall–Kier alpha value is -2.96. The second kappa shape index (κ2) is 11.0. The van der Waals surface area contributed by atoms with E-state index in [1.807, 2.05) is 53.9 Å². The number of hydrogen-bond donors (Lipinski definition) is 0. The molecular formula is C27H27ClN2O3S. The number of Topliss-reactive ketones (excluding diaryl/α,β-unsaturated/α-hetero) is 1. The van der Waals surface area contributed by atoms with E-state index in [2.05, 4.69) is 11.5 Å². The van der Waals surface area contributed by atoms with E-state index in [1.165, 1.54) is 18.4 Å². The van der Waals surface area contributed by atoms with Gasteiger partial charge in [0.2, 0.25) is 0 Å². The van der Waals surface area contributed by atoms with Gasteiger partial charge in [0.25, 0.3) is 0 Å². The Balaban J connectivity index is 1.83. The zero-order valence-electron chi connectivity index (χ0n) is 19.3. The Morgan fingerprint density at radius 3 is 2.65 bits per heavy atom. The number of carbonyl (C=O) groups excluding carboxylic acids is 2. The Kier molecular flexibility index (Phi) is 7.80. The number of methoxy groups -OCH3 is 1. The lowest BCUT2D eigenvalue weighted by Crippen LogP contribution is -2.28. The average Bonchev–Trinajstić information content (AvgIpc) is 3.49. The molecule has 2 aromatic heterocycles. The van der Waals surface area contributed by atoms with Crippen LogP contribution in [0.4, 0.5) is 0 Å². The number of halogens is 1. The minimum absolute atomic E-state index is 0.256. The van der Waals surface area contributed by atoms with Crippen LogP contribution < -0.4 is 0 Å². The summed E-state index contributed by atoms with van der Waals surface area (Å²) in [5.74, 6) is -0.797. The predicted molar refractivity (Wildman–Crippen MR) is 137 cm³/mol. The molecule has 2 heterocycles. The molecule has 4 aromatic rings. The first kappa shape index (κ1) is 24.2. The highest BCUT2D eigenvalue weighted by molar-refractivity contribution is 7.09. The van der Waals surface area contributed by atoms with Crippen LogP contribution in [0.2, 0.25) is 5.02 Å². The molecule has 0 bridgehead atoms. The number of fused-ring (bicyclic) bond motifs is 1. The maximum Gasteiger partial charge on any atom is 0.316 e. The molecule has 0 N–H and O–H groups in total. The minimum Gasteiger partial charge on any atom is -0.468 e. The van der Waals surface area contributed by atoms with Crippen molar-refractivity contribution in [1.29, 1.82) is 0 Å². The van der Waals surface area contributed by atoms with Crippen molar-refractivity contribution in [2.24, 2.45) is 5.92 Å². The Morgan fingerprint density at radius 2 is 1.94 bits per heavy atom. The second-order valence-electron chi connectivity index (χ2n) is 8.21. The lowest BCUT2D eigenvalue weighted by Gasteiger charge is -2.16. The maximum atomic E-state index is 13.8. The van der Waals surface area contributed by atoms with Gasteiger partial charge in [-0.1, -0.05) is 55.3 Å². The number of unbranched alkanes of at least 4 members (excludes halogenated alkanes) is 1. The van der Waals surface area contributed by atoms with Crippen molar-refractivity contribution in [1.82, 2.24) is 9.55 Å². The molecule has 0 aliphatic rings. The molecule has 7 heteroatoms. The van der Waals surface area contributed by atoms with Crippen molar-refractivity contribution in [3.8, 4) is 0 Å². The summed E-state index contributed by atoms with van der Waals surface area (Å²) < 4.78 is 7.10. The first-order valence-electron chi connectivity index (χ1n) is 11.4. The quantitative estimate of drug-likeness (QED) is 0.146. The molecule has 0 amide bonds. The number of ketones is 1. The molecule has 4 rings (SSSR count). The highest BCUT2D eigenvalue weighted by atomic mass is 35.5. The first-order chi connectivity index (χ1) is 16.5. The summed E-state index contributed by atoms with van der Waals surface area (Å²) in [6.45, 7) is 2.63. The van der Waals surface area contributed by atoms with Crippen molar-refractivity contribution < 1.29 is 14.3 Å². The number of rotatable bonds is 10. The van der Waals surface area contributed by atoms with Gasteiger partial charge in [0.1, 0.15) is 11.7 Å². The van der Waals surface area contributed by atoms with E-state index in [-0.39, 0.29) is 5.78 Å². The molecule has 0 aliphatic carbocycles. The normalized spacial score (nSPS) is 12.1. The summed E-state index contributed by atoms with van der Waals surface area (Å²) >= 11 is 8.00. The number of aryl methyl sites for hydroxylation is 1. The molecule has 1 unspecified atom stereocenters. The van der Waals surface area contributed by atoms with Gasteiger partial charge in [0.05, 0.1) is 24.7 Å². The van der Waals surface area contributed by atoms with Gasteiger partial charge in [-0.2, -0.15) is 0 Å². The molecule has 0 spiro atoms. The van der Waals surface area contributed by atoms with E-state index in [0.29, 0.717) is 23.6 Å². The number of benzene rings is 2. The molecule has 0 fully saturated rings. The summed E-state index contributed by atoms with van der Waals surface area (Å²) in [5, 5.41) is 2.60. The van der Waals surface area contributed by atoms with Crippen molar-refractivity contribution >= 4 is 45.7 Å². The number of ether oxygens (including phenoxy) is 1. The standard InChI is InChI=1S/C27H27ClN2O3S/c1-3-4-14-24-29-23-13-7-11-20(25(23)30(24)17-18-9-5-6-12-22(18)28)26(31)21(27(32)33-2)16-19-10-8-15-34-19/h5-13,15,21H,3-4,14,16-17H2,1-2H3. The van der Waals surface area contributed by atoms with Crippen LogP contribution in [-0.4, -0.2) is 28.4 Å². The van der Waals surface area contributed by atoms with Crippen LogP contribution >= 0.6 is 22.9 Å². The zero-order chi connectivity index (χ0) is 24.1. The van der Waals surface area contributed by atoms with E-state index in [9.17, 15) is 9.59 Å². The summed E-state index contributed by atoms with van der Waals surface area (Å²) in [6.07, 6.45) is 3.12. The monoisotopic (exact) mass is 494 g/mol. The summed E-state index contributed by atoms with van der Waals surface area (Å²) in [5.41, 5.74) is 2.90. The van der Waals surface area contributed by atoms with Crippen LogP contribution in [0, 0.1) is 5.92 Å². The van der Waals surface area contributed by atoms with E-state index >= 15 is 0 Å². The van der Waals surface area contributed by atoms with Crippen LogP contribution in [0.1, 0.15) is 46.4 Å². The third-order valence-corrected chi connectivity index (χ3v) is 7.21. The number of esters is 1. The largest absolute Gasteiger partial charge is 0.468 e. The summed E-state index contributed by atoms with van der Waals surface area (Å²) in [7, 11) is 1.32. The Bertz CT molecular complexity index is 1300. The molecule has 176 valence electrons. The van der Waals surface area contributed by atoms with Gasteiger partial charge in [-0.3, -0.25) is 9.59 Å². The lowest BCUT2D eigenvalue weighted by molar-refractivity contribution is -0.143. The zero-order valence-corrected chi connectivity index (χ0v) is 20.9. The molecule has 5 nitrogen and oxygen atoms in total. The third kappa shape index (κ3) is 5.08. The smallest absolute Gasteiger partial charge is 0.316 e. The average molecular weight is 495 g/mol. The van der Waals surface area contributed by atoms with Crippen LogP contribution in [0.15, 0.2) is 60.0 Å². The van der Waals surface area contributed by atoms with Crippen LogP contribution in [0.3, 0.4) is 0 Å². The molecule has 0 saturated heterocycles. The number of aromatic nitrogens is 2. The third-order valence-electron chi connectivity index (χ3n) is 5.94. The number of carbonyl (C=O) groups is 2. The highest BCUT2D eigenvalue weighted by Gasteiger charge is 2.31. The predicted octanol–water partition coefficient (Wildman–Crippen LogP) is 6.36. The summed E-state index contributed by atoms with van der Waals surface area (Å²) in [6, 6.07) is 17.1. The number of nitrogens with zero attached hydrogens (tertiary/aromatic N) is 2. The van der Waals surface area contributed by atoms with E-state index < -0.39 is 11.9 Å². The van der Waals surface area contributed by atoms with E-state index in [0.717, 1.165) is 46.6 Å². The number of para-hydroxylation sites is 1. The van der Waals surface area contributed by atoms with Crippen LogP contribution in [0.5, 0.6) is 0 Å². The lowest BCUT2D eigenvalue weighted by atomic mass is 9.93. The van der Waals surface area contributed by atoms with Gasteiger partial charge < -0.3 is 9.30 Å². The second-order valence-corrected chi connectivity index (χ2v) is 9.65. The van der Waals surface area contributed by atoms with Gasteiger partial charge in [0.15, 0.2) is 5.78 Å². The number of imidazole rings is 1. The van der Waals surface area contributed by atoms with Gasteiger partial charge in [-0.15, -0.1) is 11.3 Å². The van der Waals surface area contributed by atoms with Crippen LogP contribution in [-0.2, 0) is 28.9 Å². The van der Waals surface area contributed by atoms with E-state index in [1.54, 1.807) is 6.07 Å². The van der Waals surface area contributed by atoms with Gasteiger partial charge in [-0.25, -0.2) is 4.98 Å². The van der Waals surface area contributed by atoms with Crippen molar-refractivity contribution in [2.75, 3.05) is 7.11 Å². The Morgan fingerprint density at radius 1 is 1.12 bits per heavy atom. The molecule has 2 aromatic carbocycles. The van der Waals surface area contributed by atoms with Crippen molar-refractivity contribution in [3.63, 3.8) is 0 Å². The topological polar surface area (TPSA) is 61.2 Å². The molecule has 1 atom stereocenters. The van der Waals surface area contributed by atoms with Gasteiger partial charge in [0, 0.05) is 28.3 Å². The highest BCUT2D eigenvalue weighted by Crippen LogP contribution is 2.28. The molecule has 0 aliphatic heterocycles. The SMILES string of the molecule is CCCCc1nc2cccc(C(=O)C(Cc3cccs3)C(=O)OC)c2n1Cc1ccccc1Cl. The number of thiophene rings is 1. The van der Waals surface area contributed by atoms with Gasteiger partial charge >= 0.3 is 5.97 Å². The van der Waals surface area contributed by atoms with Crippen molar-refractivity contribution in [2.45, 2.75) is 39.2 Å². The van der Waals surface area contributed by atoms with Gasteiger partial charge in [-0.05, 0) is 41.6 Å². The summed E-state index contributed by atoms with van der Waals surface area (Å²) in [4.78, 5) is 32.3. The first-order valence-corrected chi connectivity index (χ1v) is 12.6. The molecule has 0 radical (unpaired) electrons. The molecular weight excluding hydrogens is 468 g/mol.